The predicted molar refractivity (Wildman–Crippen MR) is 57.7 cm³/mol. The minimum atomic E-state index is 0.731. The summed E-state index contributed by atoms with van der Waals surface area (Å²) in [5, 5.41) is 0.731. The largest absolute Gasteiger partial charge is 0.497 e. The molecule has 66 valence electrons. The highest BCUT2D eigenvalue weighted by Gasteiger charge is 2.04. The Hall–Kier alpha value is -0.220. The molecule has 0 spiro atoms. The SMILES string of the molecule is COc1cc(Br)c(N)c(CBr)c1. The molecule has 1 aromatic rings. The lowest BCUT2D eigenvalue weighted by atomic mass is 10.2. The van der Waals surface area contributed by atoms with Gasteiger partial charge in [-0.2, -0.15) is 0 Å². The van der Waals surface area contributed by atoms with Gasteiger partial charge in [0.2, 0.25) is 0 Å². The van der Waals surface area contributed by atoms with E-state index in [0.29, 0.717) is 0 Å². The van der Waals surface area contributed by atoms with E-state index in [2.05, 4.69) is 31.9 Å². The fourth-order valence-electron chi connectivity index (χ4n) is 0.876. The van der Waals surface area contributed by atoms with Crippen LogP contribution < -0.4 is 10.5 Å². The third-order valence-electron chi connectivity index (χ3n) is 1.57. The number of methoxy groups -OCH3 is 1. The van der Waals surface area contributed by atoms with Crippen LogP contribution in [0.4, 0.5) is 5.69 Å². The Kier molecular flexibility index (Phi) is 3.40. The lowest BCUT2D eigenvalue weighted by Gasteiger charge is -2.07. The van der Waals surface area contributed by atoms with Gasteiger partial charge in [0.25, 0.3) is 0 Å². The van der Waals surface area contributed by atoms with Crippen molar-refractivity contribution in [1.82, 2.24) is 0 Å². The first kappa shape index (κ1) is 9.86. The molecule has 1 rings (SSSR count). The van der Waals surface area contributed by atoms with E-state index in [-0.39, 0.29) is 0 Å². The predicted octanol–water partition coefficient (Wildman–Crippen LogP) is 2.93. The molecule has 4 heteroatoms. The molecule has 12 heavy (non-hydrogen) atoms. The summed E-state index contributed by atoms with van der Waals surface area (Å²) in [6.07, 6.45) is 0. The Bertz CT molecular complexity index is 289. The lowest BCUT2D eigenvalue weighted by Crippen LogP contribution is -1.94. The van der Waals surface area contributed by atoms with Crippen LogP contribution in [0.25, 0.3) is 0 Å². The summed E-state index contributed by atoms with van der Waals surface area (Å²) in [5.41, 5.74) is 7.57. The number of nitrogens with two attached hydrogens (primary N) is 1. The van der Waals surface area contributed by atoms with E-state index in [1.807, 2.05) is 12.1 Å². The van der Waals surface area contributed by atoms with E-state index < -0.39 is 0 Å². The van der Waals surface area contributed by atoms with Crippen LogP contribution in [0.15, 0.2) is 16.6 Å². The molecule has 0 unspecified atom stereocenters. The van der Waals surface area contributed by atoms with Crippen molar-refractivity contribution < 1.29 is 4.74 Å². The van der Waals surface area contributed by atoms with E-state index in [9.17, 15) is 0 Å². The van der Waals surface area contributed by atoms with Gasteiger partial charge in [0, 0.05) is 9.80 Å². The van der Waals surface area contributed by atoms with Crippen molar-refractivity contribution in [2.45, 2.75) is 5.33 Å². The molecule has 1 aromatic carbocycles. The molecule has 0 saturated heterocycles. The molecule has 0 aliphatic heterocycles. The molecule has 0 heterocycles. The molecular formula is C8H9Br2NO. The van der Waals surface area contributed by atoms with Crippen molar-refractivity contribution in [2.75, 3.05) is 12.8 Å². The summed E-state index contributed by atoms with van der Waals surface area (Å²) in [6.45, 7) is 0. The topological polar surface area (TPSA) is 35.2 Å². The van der Waals surface area contributed by atoms with Crippen molar-refractivity contribution in [3.8, 4) is 5.75 Å². The first-order chi connectivity index (χ1) is 5.69. The number of rotatable bonds is 2. The maximum atomic E-state index is 5.78. The monoisotopic (exact) mass is 293 g/mol. The van der Waals surface area contributed by atoms with Gasteiger partial charge in [-0.1, -0.05) is 15.9 Å². The molecule has 0 amide bonds. The van der Waals surface area contributed by atoms with Gasteiger partial charge in [-0.3, -0.25) is 0 Å². The summed E-state index contributed by atoms with van der Waals surface area (Å²) in [6, 6.07) is 3.76. The molecule has 2 nitrogen and oxygen atoms in total. The highest BCUT2D eigenvalue weighted by molar-refractivity contribution is 9.10. The van der Waals surface area contributed by atoms with Crippen molar-refractivity contribution in [3.05, 3.63) is 22.2 Å². The summed E-state index contributed by atoms with van der Waals surface area (Å²) >= 11 is 6.70. The maximum Gasteiger partial charge on any atom is 0.120 e. The van der Waals surface area contributed by atoms with Gasteiger partial charge in [-0.25, -0.2) is 0 Å². The standard InChI is InChI=1S/C8H9Br2NO/c1-12-6-2-5(4-9)8(11)7(10)3-6/h2-3H,4,11H2,1H3. The lowest BCUT2D eigenvalue weighted by molar-refractivity contribution is 0.414. The van der Waals surface area contributed by atoms with Crippen molar-refractivity contribution in [1.29, 1.82) is 0 Å². The molecule has 0 aliphatic rings. The van der Waals surface area contributed by atoms with E-state index in [0.717, 1.165) is 26.8 Å². The van der Waals surface area contributed by atoms with Crippen LogP contribution in [0.2, 0.25) is 0 Å². The summed E-state index contributed by atoms with van der Waals surface area (Å²) in [7, 11) is 1.63. The first-order valence-corrected chi connectivity index (χ1v) is 5.28. The molecule has 0 aliphatic carbocycles. The Morgan fingerprint density at radius 1 is 1.50 bits per heavy atom. The number of alkyl halides is 1. The average Bonchev–Trinajstić information content (AvgIpc) is 2.09. The molecule has 0 fully saturated rings. The quantitative estimate of drug-likeness (QED) is 0.672. The van der Waals surface area contributed by atoms with E-state index in [1.165, 1.54) is 0 Å². The zero-order chi connectivity index (χ0) is 9.14. The van der Waals surface area contributed by atoms with E-state index in [4.69, 9.17) is 10.5 Å². The van der Waals surface area contributed by atoms with Gasteiger partial charge >= 0.3 is 0 Å². The van der Waals surface area contributed by atoms with Gasteiger partial charge in [-0.05, 0) is 33.6 Å². The number of hydrogen-bond acceptors (Lipinski definition) is 2. The zero-order valence-corrected chi connectivity index (χ0v) is 9.78. The molecule has 0 bridgehead atoms. The van der Waals surface area contributed by atoms with E-state index in [1.54, 1.807) is 7.11 Å². The molecule has 0 saturated carbocycles. The van der Waals surface area contributed by atoms with Gasteiger partial charge in [0.1, 0.15) is 5.75 Å². The minimum Gasteiger partial charge on any atom is -0.497 e. The smallest absolute Gasteiger partial charge is 0.120 e. The Labute approximate surface area is 88.3 Å². The molecule has 0 aromatic heterocycles. The van der Waals surface area contributed by atoms with Crippen molar-refractivity contribution in [2.24, 2.45) is 0 Å². The van der Waals surface area contributed by atoms with Crippen molar-refractivity contribution in [3.63, 3.8) is 0 Å². The van der Waals surface area contributed by atoms with Gasteiger partial charge in [-0.15, -0.1) is 0 Å². The van der Waals surface area contributed by atoms with Crippen LogP contribution in [-0.2, 0) is 5.33 Å². The van der Waals surface area contributed by atoms with E-state index >= 15 is 0 Å². The second kappa shape index (κ2) is 4.14. The number of nitrogen functional groups attached to an aromatic ring is 1. The molecule has 0 radical (unpaired) electrons. The van der Waals surface area contributed by atoms with Gasteiger partial charge in [0.15, 0.2) is 0 Å². The Balaban J connectivity index is 3.19. The van der Waals surface area contributed by atoms with Crippen LogP contribution in [0, 0.1) is 0 Å². The molecule has 0 atom stereocenters. The third-order valence-corrected chi connectivity index (χ3v) is 2.83. The zero-order valence-electron chi connectivity index (χ0n) is 6.60. The highest BCUT2D eigenvalue weighted by atomic mass is 79.9. The van der Waals surface area contributed by atoms with Crippen LogP contribution in [0.5, 0.6) is 5.75 Å². The van der Waals surface area contributed by atoms with Gasteiger partial charge in [0.05, 0.1) is 12.8 Å². The number of ether oxygens (including phenoxy) is 1. The normalized spacial score (nSPS) is 9.92. The first-order valence-electron chi connectivity index (χ1n) is 3.37. The number of halogens is 2. The molecular weight excluding hydrogens is 286 g/mol. The second-order valence-corrected chi connectivity index (χ2v) is 3.73. The second-order valence-electron chi connectivity index (χ2n) is 2.32. The summed E-state index contributed by atoms with van der Waals surface area (Å²) in [5.74, 6) is 0.811. The summed E-state index contributed by atoms with van der Waals surface area (Å²) < 4.78 is 5.96. The van der Waals surface area contributed by atoms with Crippen LogP contribution in [-0.4, -0.2) is 7.11 Å². The molecule has 2 N–H and O–H groups in total. The maximum absolute atomic E-state index is 5.78. The van der Waals surface area contributed by atoms with Gasteiger partial charge < -0.3 is 10.5 Å². The minimum absolute atomic E-state index is 0.731. The number of anilines is 1. The average molecular weight is 295 g/mol. The van der Waals surface area contributed by atoms with Crippen LogP contribution >= 0.6 is 31.9 Å². The fourth-order valence-corrected chi connectivity index (χ4v) is 1.82. The van der Waals surface area contributed by atoms with Crippen LogP contribution in [0.1, 0.15) is 5.56 Å². The Morgan fingerprint density at radius 3 is 2.67 bits per heavy atom. The highest BCUT2D eigenvalue weighted by Crippen LogP contribution is 2.30. The fraction of sp³-hybridized carbons (Fsp3) is 0.250. The number of hydrogen-bond donors (Lipinski definition) is 1. The van der Waals surface area contributed by atoms with Crippen LogP contribution in [0.3, 0.4) is 0 Å². The summed E-state index contributed by atoms with van der Waals surface area (Å²) in [4.78, 5) is 0. The Morgan fingerprint density at radius 2 is 2.17 bits per heavy atom. The number of benzene rings is 1. The third kappa shape index (κ3) is 1.93. The van der Waals surface area contributed by atoms with Crippen molar-refractivity contribution >= 4 is 37.5 Å².